The number of carbonyl (C=O) groups excluding carboxylic acids is 1. The number of benzene rings is 2. The van der Waals surface area contributed by atoms with Gasteiger partial charge in [0.15, 0.2) is 11.6 Å². The van der Waals surface area contributed by atoms with Gasteiger partial charge in [0, 0.05) is 29.2 Å². The first-order valence-electron chi connectivity index (χ1n) is 9.85. The van der Waals surface area contributed by atoms with Crippen molar-refractivity contribution in [3.63, 3.8) is 0 Å². The van der Waals surface area contributed by atoms with Crippen LogP contribution in [0.2, 0.25) is 5.02 Å². The third-order valence-corrected chi connectivity index (χ3v) is 5.68. The number of nitrogens with zero attached hydrogens (tertiary/aromatic N) is 3. The summed E-state index contributed by atoms with van der Waals surface area (Å²) in [6, 6.07) is 12.2. The zero-order chi connectivity index (χ0) is 22.7. The third kappa shape index (κ3) is 4.55. The highest BCUT2D eigenvalue weighted by atomic mass is 35.5. The van der Waals surface area contributed by atoms with Gasteiger partial charge in [-0.2, -0.15) is 0 Å². The second-order valence-electron chi connectivity index (χ2n) is 7.61. The summed E-state index contributed by atoms with van der Waals surface area (Å²) in [5, 5.41) is 10.5. The Balaban J connectivity index is 1.42. The molecule has 2 heterocycles. The molecule has 0 bridgehead atoms. The smallest absolute Gasteiger partial charge is 0.315 e. The Labute approximate surface area is 188 Å². The van der Waals surface area contributed by atoms with E-state index in [-0.39, 0.29) is 32.0 Å². The fraction of sp³-hybridized carbons (Fsp3) is 0.217. The summed E-state index contributed by atoms with van der Waals surface area (Å²) in [4.78, 5) is 34.7. The standard InChI is InChI=1S/C23H19ClFN3O4/c24-17-5-1-15(2-6-17)20-26-11-19(12-27-20)32-14-23(22(30)31)9-10-28(13-23)21(29)16-3-7-18(25)8-4-16/h1-8,11-12H,9-10,13-14H2,(H,30,31). The summed E-state index contributed by atoms with van der Waals surface area (Å²) in [6.45, 7) is 0.110. The zero-order valence-electron chi connectivity index (χ0n) is 16.9. The fourth-order valence-corrected chi connectivity index (χ4v) is 3.66. The molecule has 1 atom stereocenters. The van der Waals surface area contributed by atoms with Gasteiger partial charge in [-0.25, -0.2) is 14.4 Å². The van der Waals surface area contributed by atoms with Crippen LogP contribution in [0.5, 0.6) is 5.75 Å². The van der Waals surface area contributed by atoms with Gasteiger partial charge in [0.25, 0.3) is 5.91 Å². The summed E-state index contributed by atoms with van der Waals surface area (Å²) in [6.07, 6.45) is 3.19. The highest BCUT2D eigenvalue weighted by molar-refractivity contribution is 6.30. The van der Waals surface area contributed by atoms with Gasteiger partial charge in [-0.15, -0.1) is 0 Å². The summed E-state index contributed by atoms with van der Waals surface area (Å²) in [5.74, 6) is -1.03. The van der Waals surface area contributed by atoms with Gasteiger partial charge in [-0.05, 0) is 55.0 Å². The van der Waals surface area contributed by atoms with Crippen LogP contribution in [0.3, 0.4) is 0 Å². The number of carbonyl (C=O) groups is 2. The van der Waals surface area contributed by atoms with Crippen LogP contribution in [0, 0.1) is 11.2 Å². The SMILES string of the molecule is O=C(c1ccc(F)cc1)N1CCC(COc2cnc(-c3ccc(Cl)cc3)nc2)(C(=O)O)C1. The molecule has 1 unspecified atom stereocenters. The summed E-state index contributed by atoms with van der Waals surface area (Å²) in [7, 11) is 0. The van der Waals surface area contributed by atoms with Crippen LogP contribution in [0.15, 0.2) is 60.9 Å². The van der Waals surface area contributed by atoms with E-state index in [9.17, 15) is 19.1 Å². The quantitative estimate of drug-likeness (QED) is 0.605. The largest absolute Gasteiger partial charge is 0.489 e. The Morgan fingerprint density at radius 3 is 2.38 bits per heavy atom. The van der Waals surface area contributed by atoms with Crippen molar-refractivity contribution in [2.75, 3.05) is 19.7 Å². The van der Waals surface area contributed by atoms with Gasteiger partial charge in [-0.1, -0.05) is 11.6 Å². The van der Waals surface area contributed by atoms with Crippen molar-refractivity contribution < 1.29 is 23.8 Å². The van der Waals surface area contributed by atoms with Crippen LogP contribution in [-0.2, 0) is 4.79 Å². The minimum atomic E-state index is -1.26. The minimum absolute atomic E-state index is 0.0116. The highest BCUT2D eigenvalue weighted by Crippen LogP contribution is 2.33. The van der Waals surface area contributed by atoms with Gasteiger partial charge >= 0.3 is 5.97 Å². The Kier molecular flexibility index (Phi) is 6.05. The van der Waals surface area contributed by atoms with Crippen molar-refractivity contribution in [2.24, 2.45) is 5.41 Å². The number of carboxylic acid groups (broad SMARTS) is 1. The van der Waals surface area contributed by atoms with Crippen molar-refractivity contribution in [1.29, 1.82) is 0 Å². The van der Waals surface area contributed by atoms with Gasteiger partial charge in [0.05, 0.1) is 12.4 Å². The first-order chi connectivity index (χ1) is 15.4. The summed E-state index contributed by atoms with van der Waals surface area (Å²) >= 11 is 5.89. The van der Waals surface area contributed by atoms with E-state index in [0.29, 0.717) is 22.2 Å². The number of likely N-dealkylation sites (tertiary alicyclic amines) is 1. The summed E-state index contributed by atoms with van der Waals surface area (Å²) in [5.41, 5.74) is -0.168. The number of amides is 1. The Morgan fingerprint density at radius 2 is 1.75 bits per heavy atom. The molecular formula is C23H19ClFN3O4. The normalized spacial score (nSPS) is 17.9. The van der Waals surface area contributed by atoms with Crippen molar-refractivity contribution >= 4 is 23.5 Å². The van der Waals surface area contributed by atoms with Gasteiger partial charge in [-0.3, -0.25) is 9.59 Å². The van der Waals surface area contributed by atoms with Crippen LogP contribution >= 0.6 is 11.6 Å². The number of halogens is 2. The molecule has 0 radical (unpaired) electrons. The van der Waals surface area contributed by atoms with E-state index in [0.717, 1.165) is 5.56 Å². The second-order valence-corrected chi connectivity index (χ2v) is 8.04. The monoisotopic (exact) mass is 455 g/mol. The molecule has 1 N–H and O–H groups in total. The van der Waals surface area contributed by atoms with Crippen LogP contribution in [-0.4, -0.2) is 51.5 Å². The van der Waals surface area contributed by atoms with Crippen molar-refractivity contribution in [3.8, 4) is 17.1 Å². The lowest BCUT2D eigenvalue weighted by molar-refractivity contribution is -0.149. The lowest BCUT2D eigenvalue weighted by Gasteiger charge is -2.24. The molecule has 32 heavy (non-hydrogen) atoms. The fourth-order valence-electron chi connectivity index (χ4n) is 3.54. The Bertz CT molecular complexity index is 1120. The van der Waals surface area contributed by atoms with Crippen molar-refractivity contribution in [3.05, 3.63) is 77.3 Å². The molecule has 1 fully saturated rings. The molecule has 1 aliphatic heterocycles. The van der Waals surface area contributed by atoms with E-state index in [1.807, 2.05) is 0 Å². The van der Waals surface area contributed by atoms with Crippen LogP contribution in [0.1, 0.15) is 16.8 Å². The van der Waals surface area contributed by atoms with Crippen molar-refractivity contribution in [2.45, 2.75) is 6.42 Å². The molecule has 0 saturated carbocycles. The van der Waals surface area contributed by atoms with Gasteiger partial charge in [0.1, 0.15) is 17.8 Å². The molecule has 1 aromatic heterocycles. The average molecular weight is 456 g/mol. The number of rotatable bonds is 6. The number of aliphatic carboxylic acids is 1. The molecule has 1 amide bonds. The van der Waals surface area contributed by atoms with Crippen molar-refractivity contribution in [1.82, 2.24) is 14.9 Å². The summed E-state index contributed by atoms with van der Waals surface area (Å²) < 4.78 is 18.8. The Hall–Kier alpha value is -3.52. The topological polar surface area (TPSA) is 92.6 Å². The molecule has 7 nitrogen and oxygen atoms in total. The van der Waals surface area contributed by atoms with Crippen LogP contribution in [0.4, 0.5) is 4.39 Å². The number of ether oxygens (including phenoxy) is 1. The minimum Gasteiger partial charge on any atom is -0.489 e. The molecular weight excluding hydrogens is 437 g/mol. The molecule has 0 spiro atoms. The van der Waals surface area contributed by atoms with E-state index in [2.05, 4.69) is 9.97 Å². The number of hydrogen-bond acceptors (Lipinski definition) is 5. The molecule has 2 aromatic carbocycles. The van der Waals surface area contributed by atoms with E-state index in [1.54, 1.807) is 24.3 Å². The first-order valence-corrected chi connectivity index (χ1v) is 10.2. The van der Waals surface area contributed by atoms with Crippen LogP contribution in [0.25, 0.3) is 11.4 Å². The van der Waals surface area contributed by atoms with E-state index in [4.69, 9.17) is 16.3 Å². The van der Waals surface area contributed by atoms with Crippen LogP contribution < -0.4 is 4.74 Å². The number of carboxylic acids is 1. The lowest BCUT2D eigenvalue weighted by Crippen LogP contribution is -2.41. The molecule has 1 saturated heterocycles. The predicted octanol–water partition coefficient (Wildman–Crippen LogP) is 3.93. The highest BCUT2D eigenvalue weighted by Gasteiger charge is 2.47. The molecule has 3 aromatic rings. The molecule has 164 valence electrons. The van der Waals surface area contributed by atoms with E-state index >= 15 is 0 Å². The second kappa shape index (κ2) is 8.92. The van der Waals surface area contributed by atoms with E-state index < -0.39 is 17.2 Å². The average Bonchev–Trinajstić information content (AvgIpc) is 3.25. The van der Waals surface area contributed by atoms with Gasteiger partial charge < -0.3 is 14.7 Å². The van der Waals surface area contributed by atoms with E-state index in [1.165, 1.54) is 41.6 Å². The zero-order valence-corrected chi connectivity index (χ0v) is 17.6. The number of hydrogen-bond donors (Lipinski definition) is 1. The predicted molar refractivity (Wildman–Crippen MR) is 115 cm³/mol. The maximum Gasteiger partial charge on any atom is 0.315 e. The van der Waals surface area contributed by atoms with Gasteiger partial charge in [0.2, 0.25) is 0 Å². The Morgan fingerprint density at radius 1 is 1.09 bits per heavy atom. The molecule has 0 aliphatic carbocycles. The molecule has 1 aliphatic rings. The lowest BCUT2D eigenvalue weighted by atomic mass is 9.88. The third-order valence-electron chi connectivity index (χ3n) is 5.43. The molecule has 4 rings (SSSR count). The maximum atomic E-state index is 13.1. The molecule has 9 heteroatoms. The first kappa shape index (κ1) is 21.7. The maximum absolute atomic E-state index is 13.1. The number of aromatic nitrogens is 2.